The summed E-state index contributed by atoms with van der Waals surface area (Å²) in [5.41, 5.74) is 1.42. The summed E-state index contributed by atoms with van der Waals surface area (Å²) in [5.74, 6) is 1.92. The van der Waals surface area contributed by atoms with Crippen molar-refractivity contribution in [1.29, 1.82) is 0 Å². The molecule has 4 rings (SSSR count). The Morgan fingerprint density at radius 3 is 3.00 bits per heavy atom. The van der Waals surface area contributed by atoms with Crippen LogP contribution in [0.2, 0.25) is 0 Å². The first kappa shape index (κ1) is 15.9. The van der Waals surface area contributed by atoms with E-state index in [1.165, 1.54) is 6.33 Å². The van der Waals surface area contributed by atoms with Crippen molar-refractivity contribution in [2.75, 3.05) is 18.8 Å². The van der Waals surface area contributed by atoms with Gasteiger partial charge in [-0.1, -0.05) is 6.07 Å². The molecule has 0 saturated carbocycles. The van der Waals surface area contributed by atoms with Crippen LogP contribution in [0.3, 0.4) is 0 Å². The van der Waals surface area contributed by atoms with Crippen LogP contribution in [0.15, 0.2) is 53.4 Å². The fourth-order valence-electron chi connectivity index (χ4n) is 2.92. The maximum absolute atomic E-state index is 12.9. The molecule has 25 heavy (non-hydrogen) atoms. The molecule has 1 aromatic carbocycles. The second-order valence-corrected chi connectivity index (χ2v) is 7.07. The Labute approximate surface area is 149 Å². The largest absolute Gasteiger partial charge is 0.468 e. The van der Waals surface area contributed by atoms with Crippen LogP contribution >= 0.6 is 11.8 Å². The highest BCUT2D eigenvalue weighted by Gasteiger charge is 2.24. The van der Waals surface area contributed by atoms with Gasteiger partial charge < -0.3 is 9.32 Å². The zero-order valence-electron chi connectivity index (χ0n) is 13.5. The molecule has 1 atom stereocenters. The predicted molar refractivity (Wildman–Crippen MR) is 93.6 cm³/mol. The van der Waals surface area contributed by atoms with Crippen LogP contribution in [0.4, 0.5) is 0 Å². The molecule has 1 aliphatic rings. The second kappa shape index (κ2) is 7.10. The van der Waals surface area contributed by atoms with Crippen molar-refractivity contribution in [3.63, 3.8) is 0 Å². The number of hydrogen-bond acceptors (Lipinski definition) is 6. The van der Waals surface area contributed by atoms with E-state index < -0.39 is 0 Å². The van der Waals surface area contributed by atoms with Gasteiger partial charge in [0.05, 0.1) is 17.2 Å². The second-order valence-electron chi connectivity index (χ2n) is 5.76. The van der Waals surface area contributed by atoms with Crippen LogP contribution in [-0.2, 0) is 0 Å². The molecule has 1 saturated heterocycles. The van der Waals surface area contributed by atoms with Crippen LogP contribution in [-0.4, -0.2) is 49.9 Å². The molecule has 7 nitrogen and oxygen atoms in total. The summed E-state index contributed by atoms with van der Waals surface area (Å²) in [6, 6.07) is 11.3. The molecule has 0 spiro atoms. The van der Waals surface area contributed by atoms with E-state index in [2.05, 4.69) is 15.5 Å². The van der Waals surface area contributed by atoms with Gasteiger partial charge in [0.1, 0.15) is 12.1 Å². The van der Waals surface area contributed by atoms with E-state index in [-0.39, 0.29) is 5.91 Å². The molecule has 1 amide bonds. The Balaban J connectivity index is 1.48. The molecule has 8 heteroatoms. The third-order valence-corrected chi connectivity index (χ3v) is 5.48. The number of furan rings is 1. The fraction of sp³-hybridized carbons (Fsp3) is 0.294. The van der Waals surface area contributed by atoms with E-state index in [9.17, 15) is 4.79 Å². The van der Waals surface area contributed by atoms with Gasteiger partial charge >= 0.3 is 0 Å². The lowest BCUT2D eigenvalue weighted by molar-refractivity contribution is 0.0766. The number of carbonyl (C=O) groups excluding carboxylic acids is 1. The van der Waals surface area contributed by atoms with E-state index in [0.29, 0.717) is 17.4 Å². The van der Waals surface area contributed by atoms with Gasteiger partial charge in [-0.3, -0.25) is 4.79 Å². The Kier molecular flexibility index (Phi) is 4.51. The lowest BCUT2D eigenvalue weighted by atomic mass is 10.1. The molecule has 0 unspecified atom stereocenters. The predicted octanol–water partition coefficient (Wildman–Crippen LogP) is 2.58. The van der Waals surface area contributed by atoms with Gasteiger partial charge in [-0.15, -0.1) is 16.9 Å². The fourth-order valence-corrected chi connectivity index (χ4v) is 4.10. The van der Waals surface area contributed by atoms with Crippen LogP contribution in [0, 0.1) is 0 Å². The van der Waals surface area contributed by atoms with Gasteiger partial charge in [0.25, 0.3) is 5.91 Å². The normalized spacial score (nSPS) is 18.1. The third kappa shape index (κ3) is 3.43. The molecule has 2 aromatic heterocycles. The Hall–Kier alpha value is -2.61. The first-order valence-corrected chi connectivity index (χ1v) is 9.14. The Morgan fingerprint density at radius 2 is 2.20 bits per heavy atom. The minimum absolute atomic E-state index is 0.0376. The Bertz CT molecular complexity index is 835. The summed E-state index contributed by atoms with van der Waals surface area (Å²) in [6.07, 6.45) is 4.10. The molecule has 128 valence electrons. The summed E-state index contributed by atoms with van der Waals surface area (Å²) in [7, 11) is 0. The van der Waals surface area contributed by atoms with Gasteiger partial charge in [0.15, 0.2) is 0 Å². The van der Waals surface area contributed by atoms with E-state index in [4.69, 9.17) is 4.42 Å². The number of amides is 1. The summed E-state index contributed by atoms with van der Waals surface area (Å²) >= 11 is 1.84. The minimum Gasteiger partial charge on any atom is -0.468 e. The number of nitrogens with zero attached hydrogens (tertiary/aromatic N) is 5. The molecule has 1 aliphatic heterocycles. The summed E-state index contributed by atoms with van der Waals surface area (Å²) < 4.78 is 7.06. The summed E-state index contributed by atoms with van der Waals surface area (Å²) in [4.78, 5) is 14.8. The van der Waals surface area contributed by atoms with Gasteiger partial charge in [0, 0.05) is 24.4 Å². The van der Waals surface area contributed by atoms with Crippen molar-refractivity contribution in [2.45, 2.75) is 11.7 Å². The van der Waals surface area contributed by atoms with E-state index in [1.807, 2.05) is 53.1 Å². The van der Waals surface area contributed by atoms with Crippen molar-refractivity contribution in [1.82, 2.24) is 25.1 Å². The topological polar surface area (TPSA) is 77.1 Å². The molecule has 0 aliphatic carbocycles. The number of hydrogen-bond donors (Lipinski definition) is 0. The van der Waals surface area contributed by atoms with Crippen molar-refractivity contribution in [3.8, 4) is 5.69 Å². The quantitative estimate of drug-likeness (QED) is 0.719. The average Bonchev–Trinajstić information content (AvgIpc) is 3.32. The first-order chi connectivity index (χ1) is 12.3. The number of thioether (sulfide) groups is 1. The highest BCUT2D eigenvalue weighted by atomic mass is 32.2. The van der Waals surface area contributed by atoms with E-state index in [0.717, 1.165) is 30.2 Å². The van der Waals surface area contributed by atoms with Gasteiger partial charge in [-0.25, -0.2) is 4.68 Å². The van der Waals surface area contributed by atoms with Crippen molar-refractivity contribution in [3.05, 3.63) is 60.3 Å². The van der Waals surface area contributed by atoms with Crippen molar-refractivity contribution >= 4 is 17.7 Å². The molecular formula is C17H17N5O2S. The molecule has 3 aromatic rings. The molecular weight excluding hydrogens is 338 g/mol. The van der Waals surface area contributed by atoms with Gasteiger partial charge in [0.2, 0.25) is 0 Å². The number of carbonyl (C=O) groups is 1. The monoisotopic (exact) mass is 355 g/mol. The van der Waals surface area contributed by atoms with E-state index >= 15 is 0 Å². The smallest absolute Gasteiger partial charge is 0.253 e. The van der Waals surface area contributed by atoms with E-state index in [1.54, 1.807) is 10.9 Å². The Morgan fingerprint density at radius 1 is 1.24 bits per heavy atom. The molecule has 0 bridgehead atoms. The number of tetrazole rings is 1. The highest BCUT2D eigenvalue weighted by Crippen LogP contribution is 2.34. The van der Waals surface area contributed by atoms with Crippen LogP contribution in [0.25, 0.3) is 5.69 Å². The number of rotatable bonds is 3. The number of aromatic nitrogens is 4. The lowest BCUT2D eigenvalue weighted by Gasteiger charge is -2.20. The molecule has 0 N–H and O–H groups in total. The standard InChI is InChI=1S/C17H17N5O2S/c23-17(13-3-1-4-14(11-13)22-12-18-19-20-22)21-7-6-16(25-10-8-21)15-5-2-9-24-15/h1-5,9,11-12,16H,6-8,10H2/t16-/m1/s1. The SMILES string of the molecule is O=C(c1cccc(-n2cnnn2)c1)N1CCS[C@@H](c2ccco2)CC1. The van der Waals surface area contributed by atoms with Crippen LogP contribution in [0.1, 0.15) is 27.8 Å². The van der Waals surface area contributed by atoms with Crippen LogP contribution < -0.4 is 0 Å². The summed E-state index contributed by atoms with van der Waals surface area (Å²) in [6.45, 7) is 1.45. The van der Waals surface area contributed by atoms with Crippen molar-refractivity contribution < 1.29 is 9.21 Å². The minimum atomic E-state index is 0.0376. The van der Waals surface area contributed by atoms with Crippen molar-refractivity contribution in [2.24, 2.45) is 0 Å². The first-order valence-electron chi connectivity index (χ1n) is 8.09. The highest BCUT2D eigenvalue weighted by molar-refractivity contribution is 7.99. The molecule has 3 heterocycles. The number of benzene rings is 1. The zero-order valence-corrected chi connectivity index (χ0v) is 14.3. The van der Waals surface area contributed by atoms with Gasteiger partial charge in [-0.05, 0) is 47.2 Å². The molecule has 1 fully saturated rings. The summed E-state index contributed by atoms with van der Waals surface area (Å²) in [5, 5.41) is 11.4. The van der Waals surface area contributed by atoms with Gasteiger partial charge in [-0.2, -0.15) is 0 Å². The third-order valence-electron chi connectivity index (χ3n) is 4.20. The maximum Gasteiger partial charge on any atom is 0.253 e. The molecule has 0 radical (unpaired) electrons. The zero-order chi connectivity index (χ0) is 17.1. The average molecular weight is 355 g/mol. The lowest BCUT2D eigenvalue weighted by Crippen LogP contribution is -2.33. The maximum atomic E-state index is 12.9. The van der Waals surface area contributed by atoms with Crippen LogP contribution in [0.5, 0.6) is 0 Å².